The Morgan fingerprint density at radius 1 is 0.727 bits per heavy atom. The second kappa shape index (κ2) is 5.75. The van der Waals surface area contributed by atoms with Crippen LogP contribution in [-0.2, 0) is 23.9 Å². The molecule has 2 aliphatic rings. The molecule has 0 N–H and O–H groups in total. The van der Waals surface area contributed by atoms with Crippen molar-refractivity contribution in [2.75, 3.05) is 0 Å². The summed E-state index contributed by atoms with van der Waals surface area (Å²) in [6.45, 7) is 3.72. The molecule has 114 valence electrons. The van der Waals surface area contributed by atoms with Crippen LogP contribution in [0.3, 0.4) is 0 Å². The number of hydrogen-bond acceptors (Lipinski definition) is 5. The lowest BCUT2D eigenvalue weighted by atomic mass is 9.86. The molecular formula is C17H16O5. The average Bonchev–Trinajstić information content (AvgIpc) is 2.45. The van der Waals surface area contributed by atoms with E-state index in [-0.39, 0.29) is 30.6 Å². The van der Waals surface area contributed by atoms with Gasteiger partial charge in [-0.3, -0.25) is 14.4 Å². The van der Waals surface area contributed by atoms with Crippen molar-refractivity contribution in [2.24, 2.45) is 0 Å². The summed E-state index contributed by atoms with van der Waals surface area (Å²) >= 11 is 0. The molecule has 0 bridgehead atoms. The van der Waals surface area contributed by atoms with Crippen molar-refractivity contribution in [3.8, 4) is 0 Å². The molecule has 2 saturated heterocycles. The molecule has 1 aromatic carbocycles. The molecule has 5 heteroatoms. The van der Waals surface area contributed by atoms with Gasteiger partial charge in [-0.2, -0.15) is 0 Å². The molecule has 0 spiro atoms. The Morgan fingerprint density at radius 3 is 1.59 bits per heavy atom. The average molecular weight is 300 g/mol. The zero-order chi connectivity index (χ0) is 15.7. The van der Waals surface area contributed by atoms with Crippen LogP contribution in [0.15, 0.2) is 36.6 Å². The van der Waals surface area contributed by atoms with E-state index in [1.807, 2.05) is 24.3 Å². The first-order chi connectivity index (χ1) is 10.5. The predicted octanol–water partition coefficient (Wildman–Crippen LogP) is 2.57. The third kappa shape index (κ3) is 3.08. The third-order valence-corrected chi connectivity index (χ3v) is 4.08. The van der Waals surface area contributed by atoms with Gasteiger partial charge in [0.25, 0.3) is 0 Å². The number of hydrogen-bond donors (Lipinski definition) is 0. The van der Waals surface area contributed by atoms with Crippen LogP contribution in [0.5, 0.6) is 0 Å². The molecule has 0 saturated carbocycles. The van der Waals surface area contributed by atoms with Gasteiger partial charge in [0.1, 0.15) is 5.76 Å². The number of ether oxygens (including phenoxy) is 2. The maximum Gasteiger partial charge on any atom is 0.314 e. The van der Waals surface area contributed by atoms with Crippen molar-refractivity contribution in [2.45, 2.75) is 37.5 Å². The lowest BCUT2D eigenvalue weighted by Gasteiger charge is -2.24. The molecule has 2 fully saturated rings. The van der Waals surface area contributed by atoms with Crippen LogP contribution in [0.1, 0.15) is 48.6 Å². The van der Waals surface area contributed by atoms with Crippen LogP contribution in [0.25, 0.3) is 0 Å². The van der Waals surface area contributed by atoms with Gasteiger partial charge in [0.2, 0.25) is 0 Å². The van der Waals surface area contributed by atoms with E-state index in [0.717, 1.165) is 11.1 Å². The SMILES string of the molecule is C=C1CC(c2ccc(C3CC(=O)OC(=O)C3)cc2)CC(=O)O1. The summed E-state index contributed by atoms with van der Waals surface area (Å²) < 4.78 is 9.50. The maximum absolute atomic E-state index is 11.5. The van der Waals surface area contributed by atoms with Gasteiger partial charge < -0.3 is 9.47 Å². The van der Waals surface area contributed by atoms with E-state index in [1.54, 1.807) is 0 Å². The van der Waals surface area contributed by atoms with E-state index in [4.69, 9.17) is 4.74 Å². The molecule has 0 radical (unpaired) electrons. The lowest BCUT2D eigenvalue weighted by molar-refractivity contribution is -0.164. The van der Waals surface area contributed by atoms with Gasteiger partial charge in [-0.1, -0.05) is 30.8 Å². The smallest absolute Gasteiger partial charge is 0.314 e. The van der Waals surface area contributed by atoms with Gasteiger partial charge in [0.15, 0.2) is 0 Å². The van der Waals surface area contributed by atoms with E-state index >= 15 is 0 Å². The molecule has 0 amide bonds. The summed E-state index contributed by atoms with van der Waals surface area (Å²) in [5.74, 6) is -0.778. The maximum atomic E-state index is 11.5. The summed E-state index contributed by atoms with van der Waals surface area (Å²) in [7, 11) is 0. The molecule has 1 unspecified atom stereocenters. The topological polar surface area (TPSA) is 69.7 Å². The molecule has 5 nitrogen and oxygen atoms in total. The summed E-state index contributed by atoms with van der Waals surface area (Å²) in [6.07, 6.45) is 1.40. The molecule has 0 aromatic heterocycles. The predicted molar refractivity (Wildman–Crippen MR) is 76.7 cm³/mol. The fraction of sp³-hybridized carbons (Fsp3) is 0.353. The van der Waals surface area contributed by atoms with E-state index in [2.05, 4.69) is 11.3 Å². The van der Waals surface area contributed by atoms with Gasteiger partial charge in [0.05, 0.1) is 19.3 Å². The highest BCUT2D eigenvalue weighted by molar-refractivity contribution is 5.89. The third-order valence-electron chi connectivity index (χ3n) is 4.08. The summed E-state index contributed by atoms with van der Waals surface area (Å²) in [6, 6.07) is 7.70. The molecule has 1 aromatic rings. The van der Waals surface area contributed by atoms with Crippen molar-refractivity contribution in [3.05, 3.63) is 47.7 Å². The number of esters is 3. The zero-order valence-corrected chi connectivity index (χ0v) is 12.0. The Bertz CT molecular complexity index is 555. The highest BCUT2D eigenvalue weighted by Gasteiger charge is 2.29. The Labute approximate surface area is 127 Å². The van der Waals surface area contributed by atoms with Crippen molar-refractivity contribution in [3.63, 3.8) is 0 Å². The summed E-state index contributed by atoms with van der Waals surface area (Å²) in [5, 5.41) is 0. The quantitative estimate of drug-likeness (QED) is 0.620. The van der Waals surface area contributed by atoms with E-state index in [9.17, 15) is 14.4 Å². The van der Waals surface area contributed by atoms with Crippen LogP contribution in [0, 0.1) is 0 Å². The molecule has 22 heavy (non-hydrogen) atoms. The summed E-state index contributed by atoms with van der Waals surface area (Å²) in [4.78, 5) is 34.2. The van der Waals surface area contributed by atoms with Crippen molar-refractivity contribution in [1.29, 1.82) is 0 Å². The Kier molecular flexibility index (Phi) is 3.79. The zero-order valence-electron chi connectivity index (χ0n) is 12.0. The number of carbonyl (C=O) groups excluding carboxylic acids is 3. The monoisotopic (exact) mass is 300 g/mol. The number of allylic oxidation sites excluding steroid dienone is 1. The standard InChI is InChI=1S/C17H16O5/c1-10-6-13(7-15(18)21-10)11-2-4-12(5-3-11)14-8-16(19)22-17(20)9-14/h2-5,13-14H,1,6-9H2. The van der Waals surface area contributed by atoms with E-state index in [1.165, 1.54) is 0 Å². The highest BCUT2D eigenvalue weighted by Crippen LogP contribution is 2.34. The fourth-order valence-electron chi connectivity index (χ4n) is 2.99. The van der Waals surface area contributed by atoms with Crippen molar-refractivity contribution < 1.29 is 23.9 Å². The minimum Gasteiger partial charge on any atom is -0.432 e. The van der Waals surface area contributed by atoms with Crippen LogP contribution in [0.2, 0.25) is 0 Å². The van der Waals surface area contributed by atoms with Crippen molar-refractivity contribution in [1.82, 2.24) is 0 Å². The second-order valence-electron chi connectivity index (χ2n) is 5.74. The van der Waals surface area contributed by atoms with Gasteiger partial charge in [0, 0.05) is 18.3 Å². The summed E-state index contributed by atoms with van der Waals surface area (Å²) in [5.41, 5.74) is 1.97. The first-order valence-corrected chi connectivity index (χ1v) is 7.23. The number of rotatable bonds is 2. The van der Waals surface area contributed by atoms with Crippen LogP contribution in [0.4, 0.5) is 0 Å². The van der Waals surface area contributed by atoms with Crippen LogP contribution < -0.4 is 0 Å². The largest absolute Gasteiger partial charge is 0.432 e. The molecule has 0 aliphatic carbocycles. The van der Waals surface area contributed by atoms with Gasteiger partial charge >= 0.3 is 17.9 Å². The van der Waals surface area contributed by atoms with E-state index in [0.29, 0.717) is 18.6 Å². The molecule has 2 aliphatic heterocycles. The number of benzene rings is 1. The minimum atomic E-state index is -0.475. The van der Waals surface area contributed by atoms with Crippen LogP contribution >= 0.6 is 0 Å². The molecule has 2 heterocycles. The lowest BCUT2D eigenvalue weighted by Crippen LogP contribution is -2.24. The number of cyclic esters (lactones) is 3. The molecule has 3 rings (SSSR count). The fourth-order valence-corrected chi connectivity index (χ4v) is 2.99. The van der Waals surface area contributed by atoms with E-state index < -0.39 is 11.9 Å². The first-order valence-electron chi connectivity index (χ1n) is 7.23. The normalized spacial score (nSPS) is 23.2. The Balaban J connectivity index is 1.75. The molecule has 1 atom stereocenters. The Hall–Kier alpha value is -2.43. The number of carbonyl (C=O) groups is 3. The minimum absolute atomic E-state index is 0.0701. The molecular weight excluding hydrogens is 284 g/mol. The van der Waals surface area contributed by atoms with Gasteiger partial charge in [-0.15, -0.1) is 0 Å². The van der Waals surface area contributed by atoms with Crippen molar-refractivity contribution >= 4 is 17.9 Å². The first kappa shape index (κ1) is 14.5. The second-order valence-corrected chi connectivity index (χ2v) is 5.74. The van der Waals surface area contributed by atoms with Gasteiger partial charge in [-0.25, -0.2) is 0 Å². The Morgan fingerprint density at radius 2 is 1.14 bits per heavy atom. The highest BCUT2D eigenvalue weighted by atomic mass is 16.6. The van der Waals surface area contributed by atoms with Crippen LogP contribution in [-0.4, -0.2) is 17.9 Å². The van der Waals surface area contributed by atoms with Gasteiger partial charge in [-0.05, 0) is 11.1 Å².